The molecule has 0 fully saturated rings. The maximum absolute atomic E-state index is 13.7. The molecule has 1 aliphatic rings. The Labute approximate surface area is 210 Å². The van der Waals surface area contributed by atoms with Crippen molar-refractivity contribution in [2.75, 3.05) is 13.4 Å². The zero-order chi connectivity index (χ0) is 25.4. The van der Waals surface area contributed by atoms with Crippen LogP contribution >= 0.6 is 0 Å². The maximum Gasteiger partial charge on any atom is 0.282 e. The van der Waals surface area contributed by atoms with Gasteiger partial charge < -0.3 is 14.2 Å². The van der Waals surface area contributed by atoms with Gasteiger partial charge in [0.05, 0.1) is 23.7 Å². The summed E-state index contributed by atoms with van der Waals surface area (Å²) in [6.07, 6.45) is 1.67. The molecule has 0 N–H and O–H groups in total. The van der Waals surface area contributed by atoms with Crippen LogP contribution in [0.1, 0.15) is 48.9 Å². The Hall–Kier alpha value is -4.13. The highest BCUT2D eigenvalue weighted by molar-refractivity contribution is 5.84. The molecular weight excluding hydrogens is 454 g/mol. The van der Waals surface area contributed by atoms with Gasteiger partial charge in [0.25, 0.3) is 5.56 Å². The lowest BCUT2D eigenvalue weighted by molar-refractivity contribution is 0.174. The number of benzene rings is 3. The van der Waals surface area contributed by atoms with E-state index in [-0.39, 0.29) is 18.3 Å². The number of hydrogen-bond acceptors (Lipinski definition) is 6. The number of rotatable bonds is 6. The molecule has 7 heteroatoms. The van der Waals surface area contributed by atoms with Crippen molar-refractivity contribution < 1.29 is 14.2 Å². The molecule has 0 saturated carbocycles. The van der Waals surface area contributed by atoms with Gasteiger partial charge in [0.15, 0.2) is 17.3 Å². The third-order valence-electron chi connectivity index (χ3n) is 6.35. The van der Waals surface area contributed by atoms with Crippen LogP contribution < -0.4 is 19.8 Å². The van der Waals surface area contributed by atoms with Crippen LogP contribution in [0.15, 0.2) is 58.4 Å². The lowest BCUT2D eigenvalue weighted by Gasteiger charge is -2.18. The standard InChI is InChI=1S/C29H29N3O4/c1-6-34-25-12-19(5)23(14-22(25)17(2)3)28-31-24-10-8-7-9-21(24)29(33)32(28)30-15-20-13-27-26(11-18(20)4)35-16-36-27/h7-15,17H,6,16H2,1-5H3. The van der Waals surface area contributed by atoms with Crippen LogP contribution in [0.5, 0.6) is 17.2 Å². The molecule has 0 atom stereocenters. The molecule has 1 aliphatic heterocycles. The van der Waals surface area contributed by atoms with Crippen molar-refractivity contribution in [1.29, 1.82) is 0 Å². The monoisotopic (exact) mass is 483 g/mol. The molecule has 36 heavy (non-hydrogen) atoms. The van der Waals surface area contributed by atoms with E-state index < -0.39 is 0 Å². The van der Waals surface area contributed by atoms with E-state index in [1.54, 1.807) is 12.3 Å². The predicted octanol–water partition coefficient (Wildman–Crippen LogP) is 5.81. The second-order valence-corrected chi connectivity index (χ2v) is 9.17. The summed E-state index contributed by atoms with van der Waals surface area (Å²) in [5, 5.41) is 5.16. The summed E-state index contributed by atoms with van der Waals surface area (Å²) in [6, 6.07) is 15.2. The van der Waals surface area contributed by atoms with Gasteiger partial charge in [0.2, 0.25) is 6.79 Å². The highest BCUT2D eigenvalue weighted by Crippen LogP contribution is 2.35. The van der Waals surface area contributed by atoms with Crippen molar-refractivity contribution in [1.82, 2.24) is 9.66 Å². The number of fused-ring (bicyclic) bond motifs is 2. The largest absolute Gasteiger partial charge is 0.494 e. The molecular formula is C29H29N3O4. The van der Waals surface area contributed by atoms with E-state index in [0.29, 0.717) is 34.8 Å². The molecule has 0 unspecified atom stereocenters. The summed E-state index contributed by atoms with van der Waals surface area (Å²) >= 11 is 0. The smallest absolute Gasteiger partial charge is 0.282 e. The van der Waals surface area contributed by atoms with Crippen LogP contribution in [-0.4, -0.2) is 29.3 Å². The van der Waals surface area contributed by atoms with Gasteiger partial charge in [0, 0.05) is 11.1 Å². The summed E-state index contributed by atoms with van der Waals surface area (Å²) in [4.78, 5) is 18.6. The SMILES string of the molecule is CCOc1cc(C)c(-c2nc3ccccc3c(=O)n2N=Cc2cc3c(cc2C)OCO3)cc1C(C)C. The zero-order valence-electron chi connectivity index (χ0n) is 21.2. The van der Waals surface area contributed by atoms with E-state index in [1.165, 1.54) is 4.68 Å². The fourth-order valence-corrected chi connectivity index (χ4v) is 4.39. The van der Waals surface area contributed by atoms with Crippen molar-refractivity contribution >= 4 is 17.1 Å². The summed E-state index contributed by atoms with van der Waals surface area (Å²) in [5.41, 5.74) is 5.04. The Balaban J connectivity index is 1.72. The highest BCUT2D eigenvalue weighted by Gasteiger charge is 2.19. The van der Waals surface area contributed by atoms with Gasteiger partial charge in [-0.1, -0.05) is 26.0 Å². The van der Waals surface area contributed by atoms with E-state index in [0.717, 1.165) is 33.6 Å². The summed E-state index contributed by atoms with van der Waals surface area (Å²) in [6.45, 7) is 11.0. The summed E-state index contributed by atoms with van der Waals surface area (Å²) in [7, 11) is 0. The number of aromatic nitrogens is 2. The quantitative estimate of drug-likeness (QED) is 0.323. The first-order valence-electron chi connectivity index (χ1n) is 12.1. The summed E-state index contributed by atoms with van der Waals surface area (Å²) in [5.74, 6) is 2.93. The van der Waals surface area contributed by atoms with Gasteiger partial charge in [-0.2, -0.15) is 9.78 Å². The highest BCUT2D eigenvalue weighted by atomic mass is 16.7. The normalized spacial score (nSPS) is 12.7. The number of hydrogen-bond donors (Lipinski definition) is 0. The topological polar surface area (TPSA) is 74.9 Å². The molecule has 7 nitrogen and oxygen atoms in total. The fraction of sp³-hybridized carbons (Fsp3) is 0.276. The third-order valence-corrected chi connectivity index (χ3v) is 6.35. The van der Waals surface area contributed by atoms with Crippen molar-refractivity contribution in [2.45, 2.75) is 40.5 Å². The maximum atomic E-state index is 13.7. The molecule has 4 aromatic rings. The molecule has 5 rings (SSSR count). The van der Waals surface area contributed by atoms with E-state index in [2.05, 4.69) is 25.0 Å². The fourth-order valence-electron chi connectivity index (χ4n) is 4.39. The average Bonchev–Trinajstić information content (AvgIpc) is 3.30. The number of nitrogens with zero attached hydrogens (tertiary/aromatic N) is 3. The first-order valence-corrected chi connectivity index (χ1v) is 12.1. The molecule has 0 spiro atoms. The Kier molecular flexibility index (Phi) is 6.22. The zero-order valence-corrected chi connectivity index (χ0v) is 21.2. The molecule has 0 saturated heterocycles. The van der Waals surface area contributed by atoms with Crippen LogP contribution in [-0.2, 0) is 0 Å². The van der Waals surface area contributed by atoms with Crippen LogP contribution in [0.25, 0.3) is 22.3 Å². The second kappa shape index (κ2) is 9.49. The minimum absolute atomic E-state index is 0.197. The van der Waals surface area contributed by atoms with Gasteiger partial charge in [-0.3, -0.25) is 4.79 Å². The van der Waals surface area contributed by atoms with Gasteiger partial charge in [-0.25, -0.2) is 4.98 Å². The van der Waals surface area contributed by atoms with Crippen LogP contribution in [0.4, 0.5) is 0 Å². The first-order chi connectivity index (χ1) is 17.4. The predicted molar refractivity (Wildman–Crippen MR) is 142 cm³/mol. The second-order valence-electron chi connectivity index (χ2n) is 9.17. The molecule has 0 aliphatic carbocycles. The van der Waals surface area contributed by atoms with Crippen molar-refractivity contribution in [2.24, 2.45) is 5.10 Å². The summed E-state index contributed by atoms with van der Waals surface area (Å²) < 4.78 is 18.3. The van der Waals surface area contributed by atoms with E-state index >= 15 is 0 Å². The number of para-hydroxylation sites is 1. The van der Waals surface area contributed by atoms with Gasteiger partial charge in [0.1, 0.15) is 5.75 Å². The van der Waals surface area contributed by atoms with Crippen LogP contribution in [0.3, 0.4) is 0 Å². The third kappa shape index (κ3) is 4.21. The Bertz CT molecular complexity index is 1550. The Morgan fingerprint density at radius 1 is 1.08 bits per heavy atom. The molecule has 3 aromatic carbocycles. The van der Waals surface area contributed by atoms with Gasteiger partial charge in [-0.15, -0.1) is 0 Å². The van der Waals surface area contributed by atoms with E-state index in [4.69, 9.17) is 19.2 Å². The number of aryl methyl sites for hydroxylation is 2. The minimum atomic E-state index is -0.232. The van der Waals surface area contributed by atoms with Crippen molar-refractivity contribution in [3.05, 3.63) is 81.1 Å². The number of ether oxygens (including phenoxy) is 3. The first kappa shape index (κ1) is 23.6. The molecule has 184 valence electrons. The molecule has 1 aromatic heterocycles. The van der Waals surface area contributed by atoms with Crippen molar-refractivity contribution in [3.63, 3.8) is 0 Å². The van der Waals surface area contributed by atoms with Gasteiger partial charge in [-0.05, 0) is 79.8 Å². The van der Waals surface area contributed by atoms with Crippen LogP contribution in [0, 0.1) is 13.8 Å². The lowest BCUT2D eigenvalue weighted by atomic mass is 9.96. The Morgan fingerprint density at radius 2 is 1.83 bits per heavy atom. The minimum Gasteiger partial charge on any atom is -0.494 e. The average molecular weight is 484 g/mol. The molecule has 0 radical (unpaired) electrons. The van der Waals surface area contributed by atoms with Crippen LogP contribution in [0.2, 0.25) is 0 Å². The van der Waals surface area contributed by atoms with Crippen molar-refractivity contribution in [3.8, 4) is 28.6 Å². The lowest BCUT2D eigenvalue weighted by Crippen LogP contribution is -2.21. The molecule has 0 bridgehead atoms. The van der Waals surface area contributed by atoms with E-state index in [1.807, 2.05) is 57.2 Å². The molecule has 2 heterocycles. The van der Waals surface area contributed by atoms with Gasteiger partial charge >= 0.3 is 0 Å². The molecule has 0 amide bonds. The van der Waals surface area contributed by atoms with E-state index in [9.17, 15) is 4.79 Å². The Morgan fingerprint density at radius 3 is 2.58 bits per heavy atom.